The first-order valence-corrected chi connectivity index (χ1v) is 10.8. The van der Waals surface area contributed by atoms with Crippen molar-refractivity contribution < 1.29 is 13.2 Å². The number of rotatable bonds is 8. The number of nitrogens with one attached hydrogen (secondary N) is 3. The third-order valence-electron chi connectivity index (χ3n) is 4.03. The van der Waals surface area contributed by atoms with E-state index in [9.17, 15) is 13.2 Å². The second kappa shape index (κ2) is 10.3. The number of carbonyl (C=O) groups is 1. The highest BCUT2D eigenvalue weighted by molar-refractivity contribution is 7.92. The fourth-order valence-electron chi connectivity index (χ4n) is 2.26. The predicted molar refractivity (Wildman–Crippen MR) is 111 cm³/mol. The Bertz CT molecular complexity index is 752. The van der Waals surface area contributed by atoms with Crippen LogP contribution in [-0.2, 0) is 16.3 Å². The number of guanidine groups is 1. The van der Waals surface area contributed by atoms with Crippen LogP contribution < -0.4 is 16.0 Å². The van der Waals surface area contributed by atoms with E-state index in [1.165, 1.54) is 0 Å². The van der Waals surface area contributed by atoms with Gasteiger partial charge in [0, 0.05) is 25.7 Å². The van der Waals surface area contributed by atoms with Gasteiger partial charge in [0.2, 0.25) is 0 Å². The SMILES string of the molecule is CCNC(=NCCS(=O)(=O)C(C)(C)C)NCCc1cccc(C(=O)NC)c1. The minimum atomic E-state index is -3.19. The van der Waals surface area contributed by atoms with Gasteiger partial charge in [-0.1, -0.05) is 12.1 Å². The van der Waals surface area contributed by atoms with Crippen molar-refractivity contribution in [1.82, 2.24) is 16.0 Å². The molecule has 0 bridgehead atoms. The van der Waals surface area contributed by atoms with Gasteiger partial charge in [-0.2, -0.15) is 0 Å². The van der Waals surface area contributed by atoms with Crippen molar-refractivity contribution in [3.8, 4) is 0 Å². The fraction of sp³-hybridized carbons (Fsp3) is 0.579. The minimum Gasteiger partial charge on any atom is -0.357 e. The van der Waals surface area contributed by atoms with Crippen molar-refractivity contribution in [1.29, 1.82) is 0 Å². The van der Waals surface area contributed by atoms with E-state index in [0.717, 1.165) is 12.0 Å². The molecule has 0 saturated carbocycles. The number of benzene rings is 1. The summed E-state index contributed by atoms with van der Waals surface area (Å²) in [5.41, 5.74) is 1.66. The molecule has 7 nitrogen and oxygen atoms in total. The first kappa shape index (κ1) is 23.0. The monoisotopic (exact) mass is 396 g/mol. The zero-order chi connectivity index (χ0) is 20.5. The second-order valence-corrected chi connectivity index (χ2v) is 10.0. The highest BCUT2D eigenvalue weighted by Crippen LogP contribution is 2.15. The largest absolute Gasteiger partial charge is 0.357 e. The molecule has 0 atom stereocenters. The Labute approximate surface area is 163 Å². The van der Waals surface area contributed by atoms with Crippen LogP contribution in [0.4, 0.5) is 0 Å². The van der Waals surface area contributed by atoms with Crippen LogP contribution >= 0.6 is 0 Å². The van der Waals surface area contributed by atoms with Crippen molar-refractivity contribution in [3.63, 3.8) is 0 Å². The van der Waals surface area contributed by atoms with Crippen molar-refractivity contribution in [2.75, 3.05) is 32.4 Å². The lowest BCUT2D eigenvalue weighted by Crippen LogP contribution is -2.39. The van der Waals surface area contributed by atoms with E-state index in [-0.39, 0.29) is 18.2 Å². The molecule has 0 aliphatic heterocycles. The molecule has 3 N–H and O–H groups in total. The smallest absolute Gasteiger partial charge is 0.251 e. The van der Waals surface area contributed by atoms with Crippen LogP contribution in [0.15, 0.2) is 29.3 Å². The molecule has 0 unspecified atom stereocenters. The van der Waals surface area contributed by atoms with Crippen LogP contribution in [-0.4, -0.2) is 57.5 Å². The summed E-state index contributed by atoms with van der Waals surface area (Å²) in [5.74, 6) is 0.491. The average molecular weight is 397 g/mol. The molecule has 0 saturated heterocycles. The number of hydrogen-bond donors (Lipinski definition) is 3. The van der Waals surface area contributed by atoms with Crippen LogP contribution in [0.3, 0.4) is 0 Å². The third kappa shape index (κ3) is 7.58. The molecule has 0 spiro atoms. The molecule has 1 rings (SSSR count). The molecule has 1 aromatic carbocycles. The summed E-state index contributed by atoms with van der Waals surface area (Å²) in [6.07, 6.45) is 0.718. The number of carbonyl (C=O) groups excluding carboxylic acids is 1. The maximum Gasteiger partial charge on any atom is 0.251 e. The lowest BCUT2D eigenvalue weighted by molar-refractivity contribution is 0.0963. The summed E-state index contributed by atoms with van der Waals surface area (Å²) in [4.78, 5) is 16.1. The lowest BCUT2D eigenvalue weighted by atomic mass is 10.1. The topological polar surface area (TPSA) is 99.7 Å². The number of aliphatic imine (C=N–C) groups is 1. The highest BCUT2D eigenvalue weighted by atomic mass is 32.2. The normalized spacial score (nSPS) is 12.6. The fourth-order valence-corrected chi connectivity index (χ4v) is 3.21. The van der Waals surface area contributed by atoms with Gasteiger partial charge >= 0.3 is 0 Å². The Kier molecular flexibility index (Phi) is 8.75. The minimum absolute atomic E-state index is 0.0151. The van der Waals surface area contributed by atoms with Crippen LogP contribution in [0.2, 0.25) is 0 Å². The van der Waals surface area contributed by atoms with Gasteiger partial charge in [0.1, 0.15) is 0 Å². The molecule has 0 aliphatic carbocycles. The van der Waals surface area contributed by atoms with E-state index >= 15 is 0 Å². The first-order chi connectivity index (χ1) is 12.6. The molecule has 0 radical (unpaired) electrons. The quantitative estimate of drug-likeness (QED) is 0.455. The molecular weight excluding hydrogens is 364 g/mol. The van der Waals surface area contributed by atoms with E-state index in [2.05, 4.69) is 20.9 Å². The average Bonchev–Trinajstić information content (AvgIpc) is 2.60. The standard InChI is InChI=1S/C19H32N4O3S/c1-6-21-18(23-12-13-27(25,26)19(2,3)4)22-11-10-15-8-7-9-16(14-15)17(24)20-5/h7-9,14H,6,10-13H2,1-5H3,(H,20,24)(H2,21,22,23). The Balaban J connectivity index is 2.62. The summed E-state index contributed by atoms with van der Waals surface area (Å²) in [5, 5.41) is 8.93. The maximum absolute atomic E-state index is 12.2. The Morgan fingerprint density at radius 2 is 1.89 bits per heavy atom. The lowest BCUT2D eigenvalue weighted by Gasteiger charge is -2.18. The molecule has 8 heteroatoms. The predicted octanol–water partition coefficient (Wildman–Crippen LogP) is 1.36. The van der Waals surface area contributed by atoms with Crippen molar-refractivity contribution in [3.05, 3.63) is 35.4 Å². The number of amides is 1. The molecule has 0 aliphatic rings. The molecule has 0 aromatic heterocycles. The van der Waals surface area contributed by atoms with E-state index < -0.39 is 14.6 Å². The van der Waals surface area contributed by atoms with E-state index in [1.54, 1.807) is 33.9 Å². The van der Waals surface area contributed by atoms with Gasteiger partial charge in [-0.3, -0.25) is 9.79 Å². The van der Waals surface area contributed by atoms with Crippen LogP contribution in [0.1, 0.15) is 43.6 Å². The van der Waals surface area contributed by atoms with Crippen molar-refractivity contribution in [2.45, 2.75) is 38.9 Å². The molecule has 1 amide bonds. The van der Waals surface area contributed by atoms with E-state index in [0.29, 0.717) is 24.6 Å². The maximum atomic E-state index is 12.2. The number of hydrogen-bond acceptors (Lipinski definition) is 4. The number of sulfone groups is 1. The summed E-state index contributed by atoms with van der Waals surface area (Å²) in [6, 6.07) is 7.46. The van der Waals surface area contributed by atoms with Crippen molar-refractivity contribution in [2.24, 2.45) is 4.99 Å². The summed E-state index contributed by atoms with van der Waals surface area (Å²) < 4.78 is 23.5. The summed E-state index contributed by atoms with van der Waals surface area (Å²) >= 11 is 0. The van der Waals surface area contributed by atoms with Gasteiger partial charge in [0.05, 0.1) is 17.0 Å². The molecule has 27 heavy (non-hydrogen) atoms. The van der Waals surface area contributed by atoms with Gasteiger partial charge in [-0.15, -0.1) is 0 Å². The van der Waals surface area contributed by atoms with Gasteiger partial charge in [0.15, 0.2) is 15.8 Å². The molecular formula is C19H32N4O3S. The van der Waals surface area contributed by atoms with Gasteiger partial charge < -0.3 is 16.0 Å². The summed E-state index contributed by atoms with van der Waals surface area (Å²) in [6.45, 7) is 8.56. The van der Waals surface area contributed by atoms with E-state index in [4.69, 9.17) is 0 Å². The molecule has 1 aromatic rings. The van der Waals surface area contributed by atoms with Crippen LogP contribution in [0.5, 0.6) is 0 Å². The third-order valence-corrected chi connectivity index (χ3v) is 6.62. The second-order valence-electron chi connectivity index (χ2n) is 7.15. The van der Waals surface area contributed by atoms with E-state index in [1.807, 2.05) is 25.1 Å². The van der Waals surface area contributed by atoms with Crippen LogP contribution in [0.25, 0.3) is 0 Å². The number of nitrogens with zero attached hydrogens (tertiary/aromatic N) is 1. The van der Waals surface area contributed by atoms with Gasteiger partial charge in [-0.05, 0) is 51.8 Å². The molecule has 152 valence electrons. The Hall–Kier alpha value is -2.09. The van der Waals surface area contributed by atoms with Crippen molar-refractivity contribution >= 4 is 21.7 Å². The Morgan fingerprint density at radius 3 is 2.48 bits per heavy atom. The highest BCUT2D eigenvalue weighted by Gasteiger charge is 2.28. The van der Waals surface area contributed by atoms with Gasteiger partial charge in [-0.25, -0.2) is 8.42 Å². The van der Waals surface area contributed by atoms with Crippen LogP contribution in [0, 0.1) is 0 Å². The summed E-state index contributed by atoms with van der Waals surface area (Å²) in [7, 11) is -1.58. The zero-order valence-corrected chi connectivity index (χ0v) is 17.7. The zero-order valence-electron chi connectivity index (χ0n) is 16.9. The van der Waals surface area contributed by atoms with Gasteiger partial charge in [0.25, 0.3) is 5.91 Å². The molecule has 0 fully saturated rings. The first-order valence-electron chi connectivity index (χ1n) is 9.16. The molecule has 0 heterocycles. The Morgan fingerprint density at radius 1 is 1.19 bits per heavy atom.